The van der Waals surface area contributed by atoms with E-state index in [0.717, 1.165) is 17.6 Å². The number of halogens is 3. The van der Waals surface area contributed by atoms with Gasteiger partial charge in [-0.3, -0.25) is 4.99 Å². The van der Waals surface area contributed by atoms with Gasteiger partial charge in [0.2, 0.25) is 0 Å². The number of hydrogen-bond donors (Lipinski definition) is 2. The van der Waals surface area contributed by atoms with Crippen molar-refractivity contribution in [2.45, 2.75) is 17.5 Å². The molecule has 7 nitrogen and oxygen atoms in total. The Morgan fingerprint density at radius 1 is 1.11 bits per heavy atom. The van der Waals surface area contributed by atoms with Crippen LogP contribution < -0.4 is 4.74 Å². The maximum absolute atomic E-state index is 13.1. The van der Waals surface area contributed by atoms with E-state index in [9.17, 15) is 26.4 Å². The molecule has 3 aromatic rings. The van der Waals surface area contributed by atoms with Gasteiger partial charge in [-0.25, -0.2) is 13.2 Å². The van der Waals surface area contributed by atoms with Crippen LogP contribution in [0.1, 0.15) is 11.3 Å². The predicted octanol–water partition coefficient (Wildman–Crippen LogP) is 5.37. The molecule has 184 valence electrons. The van der Waals surface area contributed by atoms with E-state index in [2.05, 4.69) is 4.99 Å². The van der Waals surface area contributed by atoms with Crippen LogP contribution in [0.3, 0.4) is 0 Å². The molecular formula is C23H19F3N2O5S2. The molecule has 1 aromatic heterocycles. The molecule has 1 heterocycles. The van der Waals surface area contributed by atoms with Gasteiger partial charge in [-0.2, -0.15) is 13.2 Å². The van der Waals surface area contributed by atoms with Crippen molar-refractivity contribution >= 4 is 44.3 Å². The maximum Gasteiger partial charge on any atom is 0.429 e. The minimum Gasteiger partial charge on any atom is -0.482 e. The van der Waals surface area contributed by atoms with E-state index < -0.39 is 40.7 Å². The molecule has 0 unspecified atom stereocenters. The van der Waals surface area contributed by atoms with Gasteiger partial charge >= 0.3 is 12.1 Å². The molecular weight excluding hydrogens is 505 g/mol. The largest absolute Gasteiger partial charge is 0.482 e. The number of benzene rings is 2. The summed E-state index contributed by atoms with van der Waals surface area (Å²) in [4.78, 5) is 16.1. The molecule has 3 rings (SSSR count). The molecule has 2 aromatic carbocycles. The summed E-state index contributed by atoms with van der Waals surface area (Å²) in [5.74, 6) is -1.02. The summed E-state index contributed by atoms with van der Waals surface area (Å²) in [7, 11) is -3.45. The van der Waals surface area contributed by atoms with Crippen molar-refractivity contribution in [1.82, 2.24) is 0 Å². The van der Waals surface area contributed by atoms with Crippen LogP contribution in [0.2, 0.25) is 0 Å². The van der Waals surface area contributed by atoms with Gasteiger partial charge in [0.25, 0.3) is 0 Å². The number of ether oxygens (including phenoxy) is 1. The standard InChI is InChI=1S/C23H19F3N2O5S2/c1-35(31,32)17-7-2-4-14(10-17)19-8-9-20(34-19)18(12-21(27)23(24,25)26)28-15-5-3-6-16(11-15)33-13-22(29)30/h2-11,27H,12-13H2,1H3,(H,29,30). The number of sulfone groups is 1. The van der Waals surface area contributed by atoms with Crippen LogP contribution in [0.15, 0.2) is 70.6 Å². The van der Waals surface area contributed by atoms with Gasteiger partial charge in [0.1, 0.15) is 11.5 Å². The Bertz CT molecular complexity index is 1400. The van der Waals surface area contributed by atoms with Crippen molar-refractivity contribution in [3.63, 3.8) is 0 Å². The van der Waals surface area contributed by atoms with E-state index in [-0.39, 0.29) is 22.0 Å². The third kappa shape index (κ3) is 7.23. The zero-order valence-corrected chi connectivity index (χ0v) is 19.8. The van der Waals surface area contributed by atoms with E-state index in [4.69, 9.17) is 15.3 Å². The van der Waals surface area contributed by atoms with E-state index in [0.29, 0.717) is 15.3 Å². The number of nitrogens with one attached hydrogen (secondary N) is 1. The van der Waals surface area contributed by atoms with Gasteiger partial charge < -0.3 is 15.3 Å². The normalized spacial score (nSPS) is 12.4. The molecule has 0 saturated carbocycles. The highest BCUT2D eigenvalue weighted by atomic mass is 32.2. The van der Waals surface area contributed by atoms with Crippen molar-refractivity contribution in [3.8, 4) is 16.2 Å². The van der Waals surface area contributed by atoms with E-state index in [1.165, 1.54) is 36.4 Å². The Hall–Kier alpha value is -3.51. The van der Waals surface area contributed by atoms with Crippen LogP contribution in [0.5, 0.6) is 5.75 Å². The van der Waals surface area contributed by atoms with Crippen molar-refractivity contribution in [2.75, 3.05) is 12.9 Å². The Morgan fingerprint density at radius 2 is 1.83 bits per heavy atom. The lowest BCUT2D eigenvalue weighted by Gasteiger charge is -2.10. The summed E-state index contributed by atoms with van der Waals surface area (Å²) in [6, 6.07) is 15.3. The van der Waals surface area contributed by atoms with Crippen molar-refractivity contribution in [2.24, 2.45) is 4.99 Å². The number of aliphatic carboxylic acids is 1. The summed E-state index contributed by atoms with van der Waals surface area (Å²) in [5, 5.41) is 16.2. The predicted molar refractivity (Wildman–Crippen MR) is 127 cm³/mol. The fraction of sp³-hybridized carbons (Fsp3) is 0.174. The molecule has 0 amide bonds. The number of carboxylic acids is 1. The van der Waals surface area contributed by atoms with Gasteiger partial charge in [-0.15, -0.1) is 11.3 Å². The topological polar surface area (TPSA) is 117 Å². The summed E-state index contributed by atoms with van der Waals surface area (Å²) in [6.07, 6.45) is -4.56. The lowest BCUT2D eigenvalue weighted by molar-refractivity contribution is -0.139. The highest BCUT2D eigenvalue weighted by molar-refractivity contribution is 7.90. The molecule has 2 N–H and O–H groups in total. The fourth-order valence-electron chi connectivity index (χ4n) is 2.92. The number of alkyl halides is 3. The van der Waals surface area contributed by atoms with Crippen LogP contribution >= 0.6 is 11.3 Å². The molecule has 0 atom stereocenters. The van der Waals surface area contributed by atoms with Crippen LogP contribution in [-0.2, 0) is 14.6 Å². The van der Waals surface area contributed by atoms with Gasteiger partial charge in [-0.05, 0) is 42.0 Å². The quantitative estimate of drug-likeness (QED) is 0.365. The average molecular weight is 525 g/mol. The number of thiophene rings is 1. The SMILES string of the molecule is CS(=O)(=O)c1cccc(-c2ccc(C(CC(=N)C(F)(F)F)=Nc3cccc(OCC(=O)O)c3)s2)c1. The number of aliphatic imine (C=N–C) groups is 1. The summed E-state index contributed by atoms with van der Waals surface area (Å²) < 4.78 is 68.2. The van der Waals surface area contributed by atoms with Crippen molar-refractivity contribution in [1.29, 1.82) is 5.41 Å². The minimum absolute atomic E-state index is 0.0294. The highest BCUT2D eigenvalue weighted by Crippen LogP contribution is 2.32. The van der Waals surface area contributed by atoms with E-state index in [1.807, 2.05) is 0 Å². The summed E-state index contributed by atoms with van der Waals surface area (Å²) in [5.41, 5.74) is -0.729. The van der Waals surface area contributed by atoms with Crippen molar-refractivity contribution < 1.29 is 36.2 Å². The third-order valence-corrected chi connectivity index (χ3v) is 6.86. The number of rotatable bonds is 9. The van der Waals surface area contributed by atoms with Gasteiger partial charge in [0.15, 0.2) is 16.4 Å². The van der Waals surface area contributed by atoms with Crippen LogP contribution in [0, 0.1) is 5.41 Å². The van der Waals surface area contributed by atoms with Gasteiger partial charge in [0, 0.05) is 28.5 Å². The molecule has 0 radical (unpaired) electrons. The van der Waals surface area contributed by atoms with Gasteiger partial charge in [-0.1, -0.05) is 18.2 Å². The molecule has 0 fully saturated rings. The first-order valence-electron chi connectivity index (χ1n) is 9.90. The lowest BCUT2D eigenvalue weighted by Crippen LogP contribution is -2.24. The smallest absolute Gasteiger partial charge is 0.429 e. The van der Waals surface area contributed by atoms with Crippen LogP contribution in [0.4, 0.5) is 18.9 Å². The van der Waals surface area contributed by atoms with E-state index in [1.54, 1.807) is 24.3 Å². The Morgan fingerprint density at radius 3 is 2.49 bits per heavy atom. The zero-order chi connectivity index (χ0) is 25.8. The number of carbonyl (C=O) groups is 1. The second-order valence-corrected chi connectivity index (χ2v) is 10.5. The van der Waals surface area contributed by atoms with Crippen LogP contribution in [-0.4, -0.2) is 50.0 Å². The number of hydrogen-bond acceptors (Lipinski definition) is 7. The first-order chi connectivity index (χ1) is 16.3. The first-order valence-corrected chi connectivity index (χ1v) is 12.6. The molecule has 0 aliphatic heterocycles. The number of nitrogens with zero attached hydrogens (tertiary/aromatic N) is 1. The molecule has 0 spiro atoms. The monoisotopic (exact) mass is 524 g/mol. The molecule has 12 heteroatoms. The Kier molecular flexibility index (Phi) is 7.76. The number of carboxylic acid groups (broad SMARTS) is 1. The molecule has 0 bridgehead atoms. The second kappa shape index (κ2) is 10.4. The Balaban J connectivity index is 2.00. The zero-order valence-electron chi connectivity index (χ0n) is 18.2. The Labute approximate surface area is 203 Å². The average Bonchev–Trinajstić information content (AvgIpc) is 3.27. The van der Waals surface area contributed by atoms with Gasteiger partial charge in [0.05, 0.1) is 16.3 Å². The molecule has 35 heavy (non-hydrogen) atoms. The highest BCUT2D eigenvalue weighted by Gasteiger charge is 2.35. The first kappa shape index (κ1) is 26.1. The van der Waals surface area contributed by atoms with E-state index >= 15 is 0 Å². The van der Waals surface area contributed by atoms with Crippen molar-refractivity contribution in [3.05, 3.63) is 65.5 Å². The molecule has 0 saturated heterocycles. The second-order valence-electron chi connectivity index (χ2n) is 7.36. The third-order valence-electron chi connectivity index (χ3n) is 4.57. The fourth-order valence-corrected chi connectivity index (χ4v) is 4.58. The lowest BCUT2D eigenvalue weighted by atomic mass is 10.1. The summed E-state index contributed by atoms with van der Waals surface area (Å²) in [6.45, 7) is -0.598. The van der Waals surface area contributed by atoms with Crippen LogP contribution in [0.25, 0.3) is 10.4 Å². The minimum atomic E-state index is -4.84. The molecule has 0 aliphatic rings. The summed E-state index contributed by atoms with van der Waals surface area (Å²) >= 11 is 1.11. The maximum atomic E-state index is 13.1. The molecule has 0 aliphatic carbocycles.